The molecule has 0 saturated heterocycles. The van der Waals surface area contributed by atoms with Gasteiger partial charge in [-0.25, -0.2) is 0 Å². The molecule has 0 spiro atoms. The van der Waals surface area contributed by atoms with Gasteiger partial charge in [-0.3, -0.25) is 0 Å². The van der Waals surface area contributed by atoms with Crippen LogP contribution in [0.5, 0.6) is 0 Å². The fraction of sp³-hybridized carbons (Fsp3) is 0.765. The second-order valence-corrected chi connectivity index (χ2v) is 13.3. The van der Waals surface area contributed by atoms with Gasteiger partial charge in [-0.05, 0) is 130 Å². The summed E-state index contributed by atoms with van der Waals surface area (Å²) in [6, 6.07) is 0. The minimum Gasteiger partial charge on any atom is -0.115 e. The lowest BCUT2D eigenvalue weighted by atomic mass is 9.45. The van der Waals surface area contributed by atoms with Crippen LogP contribution < -0.4 is 0 Å². The van der Waals surface area contributed by atoms with Crippen LogP contribution in [0.25, 0.3) is 0 Å². The summed E-state index contributed by atoms with van der Waals surface area (Å²) in [5.74, 6) is 9.37. The largest absolute Gasteiger partial charge is 0.115 e. The van der Waals surface area contributed by atoms with Crippen LogP contribution in [0, 0.1) is 64.6 Å². The molecule has 0 aromatic rings. The molecule has 0 heteroatoms. The summed E-state index contributed by atoms with van der Waals surface area (Å²) in [5, 5.41) is 0. The molecule has 0 amide bonds. The summed E-state index contributed by atoms with van der Waals surface area (Å²) in [6.45, 7) is 10.0. The van der Waals surface area contributed by atoms with Crippen molar-refractivity contribution in [3.8, 4) is 12.3 Å². The van der Waals surface area contributed by atoms with E-state index in [-0.39, 0.29) is 7.43 Å². The average Bonchev–Trinajstić information content (AvgIpc) is 3.26. The van der Waals surface area contributed by atoms with Gasteiger partial charge in [-0.2, -0.15) is 0 Å². The lowest BCUT2D eigenvalue weighted by Gasteiger charge is -2.60. The average molecular weight is 461 g/mol. The molecule has 0 radical (unpaired) electrons. The van der Waals surface area contributed by atoms with E-state index in [9.17, 15) is 0 Å². The van der Waals surface area contributed by atoms with E-state index in [0.717, 1.165) is 47.5 Å². The highest BCUT2D eigenvalue weighted by Gasteiger charge is 2.56. The maximum absolute atomic E-state index is 5.59. The molecule has 0 aromatic carbocycles. The minimum absolute atomic E-state index is 0. The summed E-state index contributed by atoms with van der Waals surface area (Å²) >= 11 is 0. The van der Waals surface area contributed by atoms with Crippen molar-refractivity contribution in [3.63, 3.8) is 0 Å². The molecule has 5 rings (SSSR count). The Morgan fingerprint density at radius 2 is 1.76 bits per heavy atom. The van der Waals surface area contributed by atoms with Crippen molar-refractivity contribution in [1.29, 1.82) is 0 Å². The van der Waals surface area contributed by atoms with Crippen LogP contribution in [-0.2, 0) is 0 Å². The zero-order valence-corrected chi connectivity index (χ0v) is 21.9. The summed E-state index contributed by atoms with van der Waals surface area (Å²) < 4.78 is 0. The van der Waals surface area contributed by atoms with Crippen LogP contribution in [0.4, 0.5) is 0 Å². The maximum Gasteiger partial charge on any atom is 0.0199 e. The van der Waals surface area contributed by atoms with E-state index in [2.05, 4.69) is 57.9 Å². The Hall–Kier alpha value is -1.22. The SMILES string of the molecule is C.C#CC1=CC[C@H](C/C(=C\C)[C@@H]2CC[C@@H]3C2CC[C@@H]2C4CC[C@@](C)(CC)CC4(C)CC[C@@H]32)C=C1. The summed E-state index contributed by atoms with van der Waals surface area (Å²) in [6.07, 6.45) is 32.2. The third-order valence-corrected chi connectivity index (χ3v) is 11.7. The smallest absolute Gasteiger partial charge is 0.0199 e. The maximum atomic E-state index is 5.59. The molecule has 0 bridgehead atoms. The van der Waals surface area contributed by atoms with E-state index in [1.54, 1.807) is 5.57 Å². The van der Waals surface area contributed by atoms with Gasteiger partial charge >= 0.3 is 0 Å². The van der Waals surface area contributed by atoms with Crippen molar-refractivity contribution in [2.75, 3.05) is 0 Å². The Morgan fingerprint density at radius 3 is 2.44 bits per heavy atom. The number of hydrogen-bond acceptors (Lipinski definition) is 0. The molecule has 0 N–H and O–H groups in total. The lowest BCUT2D eigenvalue weighted by Crippen LogP contribution is -2.51. The van der Waals surface area contributed by atoms with Gasteiger partial charge in [0.25, 0.3) is 0 Å². The van der Waals surface area contributed by atoms with E-state index in [0.29, 0.717) is 16.7 Å². The number of rotatable bonds is 4. The fourth-order valence-electron chi connectivity index (χ4n) is 9.91. The topological polar surface area (TPSA) is 0 Å². The first-order valence-corrected chi connectivity index (χ1v) is 14.4. The molecule has 4 fully saturated rings. The number of allylic oxidation sites excluding steroid dienone is 6. The van der Waals surface area contributed by atoms with Gasteiger partial charge in [0.05, 0.1) is 0 Å². The van der Waals surface area contributed by atoms with Crippen molar-refractivity contribution in [3.05, 3.63) is 35.5 Å². The van der Waals surface area contributed by atoms with Crippen LogP contribution >= 0.6 is 0 Å². The van der Waals surface area contributed by atoms with Gasteiger partial charge in [0.1, 0.15) is 0 Å². The molecule has 0 heterocycles. The molecule has 4 saturated carbocycles. The molecule has 5 aliphatic carbocycles. The first kappa shape index (κ1) is 25.9. The number of hydrogen-bond donors (Lipinski definition) is 0. The Bertz CT molecular complexity index is 863. The monoisotopic (exact) mass is 460 g/mol. The summed E-state index contributed by atoms with van der Waals surface area (Å²) in [7, 11) is 0. The van der Waals surface area contributed by atoms with Gasteiger partial charge in [-0.15, -0.1) is 6.42 Å². The second kappa shape index (κ2) is 10.0. The van der Waals surface area contributed by atoms with Crippen LogP contribution in [0.15, 0.2) is 35.5 Å². The van der Waals surface area contributed by atoms with Crippen molar-refractivity contribution in [2.45, 2.75) is 112 Å². The van der Waals surface area contributed by atoms with E-state index < -0.39 is 0 Å². The highest BCUT2D eigenvalue weighted by molar-refractivity contribution is 5.38. The van der Waals surface area contributed by atoms with Crippen molar-refractivity contribution >= 4 is 0 Å². The molecular formula is C34H52. The third kappa shape index (κ3) is 4.51. The van der Waals surface area contributed by atoms with Gasteiger partial charge in [0.15, 0.2) is 0 Å². The van der Waals surface area contributed by atoms with Crippen LogP contribution in [0.3, 0.4) is 0 Å². The highest BCUT2D eigenvalue weighted by Crippen LogP contribution is 2.65. The lowest BCUT2D eigenvalue weighted by molar-refractivity contribution is -0.0989. The van der Waals surface area contributed by atoms with Crippen LogP contribution in [0.1, 0.15) is 112 Å². The molecular weight excluding hydrogens is 408 g/mol. The predicted octanol–water partition coefficient (Wildman–Crippen LogP) is 9.78. The van der Waals surface area contributed by atoms with Crippen molar-refractivity contribution in [2.24, 2.45) is 52.3 Å². The van der Waals surface area contributed by atoms with Crippen molar-refractivity contribution in [1.82, 2.24) is 0 Å². The molecule has 0 aromatic heterocycles. The summed E-state index contributed by atoms with van der Waals surface area (Å²) in [5.41, 5.74) is 4.07. The molecule has 9 atom stereocenters. The Labute approximate surface area is 212 Å². The van der Waals surface area contributed by atoms with E-state index in [1.165, 1.54) is 70.6 Å². The molecule has 0 nitrogen and oxygen atoms in total. The van der Waals surface area contributed by atoms with E-state index >= 15 is 0 Å². The third-order valence-electron chi connectivity index (χ3n) is 11.7. The van der Waals surface area contributed by atoms with Gasteiger partial charge in [0, 0.05) is 5.57 Å². The summed E-state index contributed by atoms with van der Waals surface area (Å²) in [4.78, 5) is 0. The zero-order chi connectivity index (χ0) is 23.2. The molecule has 188 valence electrons. The fourth-order valence-corrected chi connectivity index (χ4v) is 9.91. The van der Waals surface area contributed by atoms with Gasteiger partial charge in [0.2, 0.25) is 0 Å². The molecule has 0 aliphatic heterocycles. The van der Waals surface area contributed by atoms with E-state index in [1.807, 2.05) is 0 Å². The number of terminal acetylenes is 1. The Morgan fingerprint density at radius 1 is 1.03 bits per heavy atom. The predicted molar refractivity (Wildman–Crippen MR) is 148 cm³/mol. The minimum atomic E-state index is 0. The van der Waals surface area contributed by atoms with Gasteiger partial charge < -0.3 is 0 Å². The second-order valence-electron chi connectivity index (χ2n) is 13.3. The normalized spacial score (nSPS) is 45.8. The zero-order valence-electron chi connectivity index (χ0n) is 21.9. The van der Waals surface area contributed by atoms with Crippen LogP contribution in [-0.4, -0.2) is 0 Å². The quantitative estimate of drug-likeness (QED) is 0.289. The molecule has 5 aliphatic rings. The first-order valence-electron chi connectivity index (χ1n) is 14.4. The molecule has 34 heavy (non-hydrogen) atoms. The van der Waals surface area contributed by atoms with E-state index in [4.69, 9.17) is 6.42 Å². The number of fused-ring (bicyclic) bond motifs is 5. The molecule has 3 unspecified atom stereocenters. The Balaban J connectivity index is 0.00000274. The first-order chi connectivity index (χ1) is 15.9. The highest BCUT2D eigenvalue weighted by atomic mass is 14.6. The Kier molecular flexibility index (Phi) is 7.63. The van der Waals surface area contributed by atoms with Gasteiger partial charge in [-0.1, -0.05) is 70.4 Å². The van der Waals surface area contributed by atoms with Crippen LogP contribution in [0.2, 0.25) is 0 Å². The van der Waals surface area contributed by atoms with Crippen molar-refractivity contribution < 1.29 is 0 Å². The standard InChI is InChI=1S/C33H48.CH4/c1-6-23-9-11-24(12-10-23)21-25(7-2)26-13-14-28-27(26)15-16-30-29(28)17-20-33(5)22-32(4,8-3)19-18-31(30)33;/h1,7,9-11,24,26-31H,8,12-22H2,2-5H3;1H4/b25-7+;/t24-,26+,27?,28-,29+,30+,31?,32-,33?;/m1./s1.